The first kappa shape index (κ1) is 17.5. The summed E-state index contributed by atoms with van der Waals surface area (Å²) in [5.74, 6) is 0.378. The van der Waals surface area contributed by atoms with Gasteiger partial charge in [-0.1, -0.05) is 23.7 Å². The van der Waals surface area contributed by atoms with E-state index in [-0.39, 0.29) is 18.2 Å². The van der Waals surface area contributed by atoms with Crippen LogP contribution in [0.3, 0.4) is 0 Å². The molecule has 2 aromatic carbocycles. The largest absolute Gasteiger partial charge is 0.497 e. The van der Waals surface area contributed by atoms with Gasteiger partial charge >= 0.3 is 0 Å². The van der Waals surface area contributed by atoms with Crippen LogP contribution in [0.5, 0.6) is 5.75 Å². The van der Waals surface area contributed by atoms with E-state index in [1.165, 1.54) is 4.90 Å². The summed E-state index contributed by atoms with van der Waals surface area (Å²) >= 11 is 5.86. The maximum Gasteiger partial charge on any atom is 0.251 e. The van der Waals surface area contributed by atoms with Gasteiger partial charge in [-0.3, -0.25) is 9.59 Å². The monoisotopic (exact) mass is 358 g/mol. The zero-order chi connectivity index (χ0) is 17.8. The number of carbonyl (C=O) groups excluding carboxylic acids is 2. The summed E-state index contributed by atoms with van der Waals surface area (Å²) in [6, 6.07) is 14.0. The number of benzene rings is 2. The molecule has 1 N–H and O–H groups in total. The van der Waals surface area contributed by atoms with Crippen LogP contribution in [0.15, 0.2) is 48.5 Å². The van der Waals surface area contributed by atoms with Gasteiger partial charge in [0.05, 0.1) is 25.3 Å². The fourth-order valence-electron chi connectivity index (χ4n) is 2.87. The van der Waals surface area contributed by atoms with E-state index in [2.05, 4.69) is 5.32 Å². The number of halogens is 1. The molecule has 0 bridgehead atoms. The lowest BCUT2D eigenvalue weighted by atomic mass is 10.1. The molecule has 1 saturated heterocycles. The molecule has 3 rings (SSSR count). The Labute approximate surface area is 151 Å². The van der Waals surface area contributed by atoms with Crippen molar-refractivity contribution < 1.29 is 14.3 Å². The average Bonchev–Trinajstić information content (AvgIpc) is 2.90. The van der Waals surface area contributed by atoms with Gasteiger partial charge in [-0.15, -0.1) is 0 Å². The first-order chi connectivity index (χ1) is 12.1. The van der Waals surface area contributed by atoms with Crippen molar-refractivity contribution in [1.29, 1.82) is 0 Å². The highest BCUT2D eigenvalue weighted by Gasteiger charge is 2.39. The summed E-state index contributed by atoms with van der Waals surface area (Å²) in [4.78, 5) is 26.0. The van der Waals surface area contributed by atoms with Crippen LogP contribution >= 0.6 is 11.6 Å². The average molecular weight is 359 g/mol. The second-order valence-electron chi connectivity index (χ2n) is 5.86. The van der Waals surface area contributed by atoms with E-state index >= 15 is 0 Å². The van der Waals surface area contributed by atoms with Gasteiger partial charge in [0, 0.05) is 5.02 Å². The molecule has 2 aromatic rings. The fraction of sp³-hybridized carbons (Fsp3) is 0.263. The standard InChI is InChI=1S/C19H19ClN2O3/c1-25-16-4-2-3-13(11-16)9-10-21-17-12-18(23)22(19(17)24)15-7-5-14(20)6-8-15/h2-8,11,17,21H,9-10,12H2,1H3/t17-/m0/s1. The van der Waals surface area contributed by atoms with E-state index in [1.54, 1.807) is 31.4 Å². The summed E-state index contributed by atoms with van der Waals surface area (Å²) in [5, 5.41) is 3.75. The third-order valence-electron chi connectivity index (χ3n) is 4.17. The molecule has 2 amide bonds. The zero-order valence-electron chi connectivity index (χ0n) is 13.9. The molecular weight excluding hydrogens is 340 g/mol. The summed E-state index contributed by atoms with van der Waals surface area (Å²) in [6.07, 6.45) is 0.912. The molecule has 1 aliphatic heterocycles. The van der Waals surface area contributed by atoms with Crippen molar-refractivity contribution in [2.45, 2.75) is 18.9 Å². The molecule has 25 heavy (non-hydrogen) atoms. The number of amides is 2. The van der Waals surface area contributed by atoms with E-state index < -0.39 is 6.04 Å². The van der Waals surface area contributed by atoms with Gasteiger partial charge in [0.1, 0.15) is 5.75 Å². The third kappa shape index (κ3) is 4.00. The Morgan fingerprint density at radius 1 is 1.20 bits per heavy atom. The van der Waals surface area contributed by atoms with Crippen LogP contribution in [-0.2, 0) is 16.0 Å². The molecule has 1 fully saturated rings. The molecule has 5 nitrogen and oxygen atoms in total. The number of anilines is 1. The predicted molar refractivity (Wildman–Crippen MR) is 97.1 cm³/mol. The molecule has 0 radical (unpaired) electrons. The van der Waals surface area contributed by atoms with Crippen LogP contribution in [0.2, 0.25) is 5.02 Å². The van der Waals surface area contributed by atoms with Crippen LogP contribution in [0.25, 0.3) is 0 Å². The smallest absolute Gasteiger partial charge is 0.251 e. The molecule has 0 spiro atoms. The van der Waals surface area contributed by atoms with Crippen molar-refractivity contribution in [2.24, 2.45) is 0 Å². The minimum atomic E-state index is -0.492. The number of nitrogens with zero attached hydrogens (tertiary/aromatic N) is 1. The van der Waals surface area contributed by atoms with Crippen LogP contribution in [0.4, 0.5) is 5.69 Å². The highest BCUT2D eigenvalue weighted by atomic mass is 35.5. The highest BCUT2D eigenvalue weighted by Crippen LogP contribution is 2.24. The number of rotatable bonds is 6. The molecule has 1 atom stereocenters. The molecule has 0 aromatic heterocycles. The second kappa shape index (κ2) is 7.68. The molecule has 0 saturated carbocycles. The maximum atomic E-state index is 12.5. The lowest BCUT2D eigenvalue weighted by Gasteiger charge is -2.15. The molecule has 6 heteroatoms. The van der Waals surface area contributed by atoms with Crippen LogP contribution in [0.1, 0.15) is 12.0 Å². The van der Waals surface area contributed by atoms with Crippen molar-refractivity contribution in [3.05, 3.63) is 59.1 Å². The van der Waals surface area contributed by atoms with Crippen molar-refractivity contribution in [3.63, 3.8) is 0 Å². The van der Waals surface area contributed by atoms with E-state index in [4.69, 9.17) is 16.3 Å². The fourth-order valence-corrected chi connectivity index (χ4v) is 3.00. The lowest BCUT2D eigenvalue weighted by Crippen LogP contribution is -2.39. The first-order valence-corrected chi connectivity index (χ1v) is 8.45. The predicted octanol–water partition coefficient (Wildman–Crippen LogP) is 2.81. The number of nitrogens with one attached hydrogen (secondary N) is 1. The normalized spacial score (nSPS) is 17.2. The molecule has 1 heterocycles. The van der Waals surface area contributed by atoms with E-state index in [0.717, 1.165) is 17.7 Å². The summed E-state index contributed by atoms with van der Waals surface area (Å²) in [7, 11) is 1.63. The molecular formula is C19H19ClN2O3. The number of methoxy groups -OCH3 is 1. The van der Waals surface area contributed by atoms with Gasteiger partial charge in [0.25, 0.3) is 5.91 Å². The number of ether oxygens (including phenoxy) is 1. The minimum absolute atomic E-state index is 0.166. The molecule has 130 valence electrons. The number of imide groups is 1. The second-order valence-corrected chi connectivity index (χ2v) is 6.29. The van der Waals surface area contributed by atoms with Crippen LogP contribution < -0.4 is 15.0 Å². The summed E-state index contributed by atoms with van der Waals surface area (Å²) in [5.41, 5.74) is 1.66. The maximum absolute atomic E-state index is 12.5. The Morgan fingerprint density at radius 2 is 1.96 bits per heavy atom. The van der Waals surface area contributed by atoms with Crippen molar-refractivity contribution in [1.82, 2.24) is 5.32 Å². The van der Waals surface area contributed by atoms with Crippen LogP contribution in [0, 0.1) is 0 Å². The van der Waals surface area contributed by atoms with Gasteiger partial charge in [0.15, 0.2) is 0 Å². The van der Waals surface area contributed by atoms with Crippen molar-refractivity contribution in [2.75, 3.05) is 18.6 Å². The quantitative estimate of drug-likeness (QED) is 0.807. The van der Waals surface area contributed by atoms with E-state index in [9.17, 15) is 9.59 Å². The third-order valence-corrected chi connectivity index (χ3v) is 4.42. The zero-order valence-corrected chi connectivity index (χ0v) is 14.6. The van der Waals surface area contributed by atoms with Gasteiger partial charge in [-0.25, -0.2) is 4.90 Å². The topological polar surface area (TPSA) is 58.6 Å². The lowest BCUT2D eigenvalue weighted by molar-refractivity contribution is -0.121. The minimum Gasteiger partial charge on any atom is -0.497 e. The first-order valence-electron chi connectivity index (χ1n) is 8.07. The number of hydrogen-bond acceptors (Lipinski definition) is 4. The number of carbonyl (C=O) groups is 2. The van der Waals surface area contributed by atoms with Gasteiger partial charge < -0.3 is 10.1 Å². The van der Waals surface area contributed by atoms with Gasteiger partial charge in [-0.05, 0) is 54.9 Å². The summed E-state index contributed by atoms with van der Waals surface area (Å²) < 4.78 is 5.20. The number of hydrogen-bond donors (Lipinski definition) is 1. The van der Waals surface area contributed by atoms with Crippen LogP contribution in [-0.4, -0.2) is 31.5 Å². The Morgan fingerprint density at radius 3 is 2.68 bits per heavy atom. The van der Waals surface area contributed by atoms with Crippen molar-refractivity contribution >= 4 is 29.1 Å². The van der Waals surface area contributed by atoms with Gasteiger partial charge in [-0.2, -0.15) is 0 Å². The van der Waals surface area contributed by atoms with E-state index in [0.29, 0.717) is 17.3 Å². The molecule has 0 aliphatic carbocycles. The Balaban J connectivity index is 1.59. The highest BCUT2D eigenvalue weighted by molar-refractivity contribution is 6.30. The summed E-state index contributed by atoms with van der Waals surface area (Å²) in [6.45, 7) is 0.602. The molecule has 1 aliphatic rings. The Bertz CT molecular complexity index is 776. The Kier molecular flexibility index (Phi) is 5.36. The Hall–Kier alpha value is -2.37. The van der Waals surface area contributed by atoms with Crippen molar-refractivity contribution in [3.8, 4) is 5.75 Å². The van der Waals surface area contributed by atoms with Gasteiger partial charge in [0.2, 0.25) is 5.91 Å². The SMILES string of the molecule is COc1cccc(CCN[C@H]2CC(=O)N(c3ccc(Cl)cc3)C2=O)c1. The van der Waals surface area contributed by atoms with E-state index in [1.807, 2.05) is 24.3 Å². The molecule has 0 unspecified atom stereocenters.